The highest BCUT2D eigenvalue weighted by molar-refractivity contribution is 5.85. The molecular formula is C22H29NO5. The van der Waals surface area contributed by atoms with Crippen LogP contribution in [0.5, 0.6) is 11.5 Å². The fourth-order valence-corrected chi connectivity index (χ4v) is 5.87. The van der Waals surface area contributed by atoms with Gasteiger partial charge in [-0.25, -0.2) is 0 Å². The standard InChI is InChI=1S/C22H29NO5/c1-21(2,28-17-7-5-4-6-16(17)27-3)19(24)23-18-14-8-13-9-15(18)12-22(10-13,11-14)20(25)26/h4-7,13-15,18H,8-12H2,1-3H3,(H,23,24)(H,25,26). The molecule has 0 spiro atoms. The molecule has 28 heavy (non-hydrogen) atoms. The van der Waals surface area contributed by atoms with Crippen LogP contribution in [0, 0.1) is 23.2 Å². The summed E-state index contributed by atoms with van der Waals surface area (Å²) >= 11 is 0. The Kier molecular flexibility index (Phi) is 4.55. The van der Waals surface area contributed by atoms with Crippen LogP contribution < -0.4 is 14.8 Å². The molecule has 0 saturated heterocycles. The van der Waals surface area contributed by atoms with Crippen LogP contribution in [0.1, 0.15) is 46.0 Å². The van der Waals surface area contributed by atoms with Gasteiger partial charge in [0.05, 0.1) is 12.5 Å². The van der Waals surface area contributed by atoms with E-state index < -0.39 is 17.0 Å². The zero-order valence-corrected chi connectivity index (χ0v) is 16.7. The van der Waals surface area contributed by atoms with Crippen LogP contribution in [0.4, 0.5) is 0 Å². The highest BCUT2D eigenvalue weighted by Gasteiger charge is 2.59. The van der Waals surface area contributed by atoms with Gasteiger partial charge in [-0.2, -0.15) is 0 Å². The van der Waals surface area contributed by atoms with Crippen LogP contribution in [0.25, 0.3) is 0 Å². The van der Waals surface area contributed by atoms with Gasteiger partial charge in [-0.1, -0.05) is 12.1 Å². The Bertz CT molecular complexity index is 773. The molecule has 6 heteroatoms. The van der Waals surface area contributed by atoms with Crippen LogP contribution in [0.2, 0.25) is 0 Å². The van der Waals surface area contributed by atoms with Gasteiger partial charge in [0.1, 0.15) is 0 Å². The smallest absolute Gasteiger partial charge is 0.309 e. The van der Waals surface area contributed by atoms with E-state index in [2.05, 4.69) is 5.32 Å². The van der Waals surface area contributed by atoms with Crippen molar-refractivity contribution in [3.05, 3.63) is 24.3 Å². The fourth-order valence-electron chi connectivity index (χ4n) is 5.87. The molecule has 1 aromatic rings. The van der Waals surface area contributed by atoms with Crippen LogP contribution in [0.3, 0.4) is 0 Å². The lowest BCUT2D eigenvalue weighted by atomic mass is 9.48. The molecule has 2 atom stereocenters. The molecule has 6 nitrogen and oxygen atoms in total. The van der Waals surface area contributed by atoms with Crippen molar-refractivity contribution in [1.82, 2.24) is 5.32 Å². The van der Waals surface area contributed by atoms with Crippen molar-refractivity contribution in [2.45, 2.75) is 57.6 Å². The average Bonchev–Trinajstić information content (AvgIpc) is 2.64. The maximum Gasteiger partial charge on any atom is 0.309 e. The summed E-state index contributed by atoms with van der Waals surface area (Å²) in [6.45, 7) is 3.51. The van der Waals surface area contributed by atoms with Crippen molar-refractivity contribution in [3.8, 4) is 11.5 Å². The minimum absolute atomic E-state index is 0.0390. The number of nitrogens with one attached hydrogen (secondary N) is 1. The minimum Gasteiger partial charge on any atom is -0.493 e. The average molecular weight is 387 g/mol. The molecule has 5 rings (SSSR count). The summed E-state index contributed by atoms with van der Waals surface area (Å²) < 4.78 is 11.3. The quantitative estimate of drug-likeness (QED) is 0.783. The third kappa shape index (κ3) is 3.12. The predicted molar refractivity (Wildman–Crippen MR) is 103 cm³/mol. The molecule has 0 heterocycles. The third-order valence-electron chi connectivity index (χ3n) is 7.01. The van der Waals surface area contributed by atoms with Crippen molar-refractivity contribution < 1.29 is 24.2 Å². The first-order chi connectivity index (χ1) is 13.2. The molecule has 0 aromatic heterocycles. The Balaban J connectivity index is 1.47. The second-order valence-corrected chi connectivity index (χ2v) is 9.32. The molecule has 152 valence electrons. The highest BCUT2D eigenvalue weighted by atomic mass is 16.5. The molecule has 4 aliphatic rings. The molecular weight excluding hydrogens is 358 g/mol. The number of carbonyl (C=O) groups is 2. The lowest BCUT2D eigenvalue weighted by Gasteiger charge is -2.58. The van der Waals surface area contributed by atoms with Crippen LogP contribution in [0.15, 0.2) is 24.3 Å². The topological polar surface area (TPSA) is 84.9 Å². The number of carbonyl (C=O) groups excluding carboxylic acids is 1. The summed E-state index contributed by atoms with van der Waals surface area (Å²) in [4.78, 5) is 25.0. The molecule has 4 saturated carbocycles. The first-order valence-electron chi connectivity index (χ1n) is 10.1. The zero-order chi connectivity index (χ0) is 20.1. The number of hydrogen-bond acceptors (Lipinski definition) is 4. The number of amides is 1. The van der Waals surface area contributed by atoms with Gasteiger partial charge < -0.3 is 19.9 Å². The van der Waals surface area contributed by atoms with Crippen LogP contribution >= 0.6 is 0 Å². The number of aliphatic carboxylic acids is 1. The lowest BCUT2D eigenvalue weighted by molar-refractivity contribution is -0.168. The monoisotopic (exact) mass is 387 g/mol. The number of rotatable bonds is 6. The Hall–Kier alpha value is -2.24. The SMILES string of the molecule is COc1ccccc1OC(C)(C)C(=O)NC1C2CC3CC1CC(C(=O)O)(C3)C2. The molecule has 2 N–H and O–H groups in total. The summed E-state index contributed by atoms with van der Waals surface area (Å²) in [5, 5.41) is 13.0. The van der Waals surface area contributed by atoms with Crippen molar-refractivity contribution in [3.63, 3.8) is 0 Å². The van der Waals surface area contributed by atoms with Gasteiger partial charge in [-0.05, 0) is 75.8 Å². The molecule has 0 radical (unpaired) electrons. The number of methoxy groups -OCH3 is 1. The van der Waals surface area contributed by atoms with Crippen LogP contribution in [-0.2, 0) is 9.59 Å². The number of benzene rings is 1. The summed E-state index contributed by atoms with van der Waals surface area (Å²) in [7, 11) is 1.57. The van der Waals surface area contributed by atoms with Crippen molar-refractivity contribution in [2.24, 2.45) is 23.2 Å². The summed E-state index contributed by atoms with van der Waals surface area (Å²) in [5.74, 6) is 1.26. The Morgan fingerprint density at radius 2 is 1.71 bits per heavy atom. The second kappa shape index (κ2) is 6.68. The molecule has 1 amide bonds. The van der Waals surface area contributed by atoms with Gasteiger partial charge in [0.2, 0.25) is 0 Å². The first kappa shape index (κ1) is 19.1. The Morgan fingerprint density at radius 1 is 1.11 bits per heavy atom. The minimum atomic E-state index is -1.06. The van der Waals surface area contributed by atoms with E-state index in [0.29, 0.717) is 30.3 Å². The Morgan fingerprint density at radius 3 is 2.29 bits per heavy atom. The lowest BCUT2D eigenvalue weighted by Crippen LogP contribution is -2.63. The summed E-state index contributed by atoms with van der Waals surface area (Å²) in [5.41, 5.74) is -1.63. The van der Waals surface area contributed by atoms with Gasteiger partial charge in [-0.15, -0.1) is 0 Å². The van der Waals surface area contributed by atoms with Crippen molar-refractivity contribution in [2.75, 3.05) is 7.11 Å². The Labute approximate surface area is 165 Å². The molecule has 1 aromatic carbocycles. The summed E-state index contributed by atoms with van der Waals surface area (Å²) in [6, 6.07) is 7.32. The molecule has 4 aliphatic carbocycles. The van der Waals surface area contributed by atoms with Crippen LogP contribution in [-0.4, -0.2) is 35.7 Å². The molecule has 4 bridgehead atoms. The van der Waals surface area contributed by atoms with Crippen molar-refractivity contribution in [1.29, 1.82) is 0 Å². The van der Waals surface area contributed by atoms with E-state index in [1.807, 2.05) is 12.1 Å². The third-order valence-corrected chi connectivity index (χ3v) is 7.01. The van der Waals surface area contributed by atoms with Gasteiger partial charge in [0, 0.05) is 6.04 Å². The van der Waals surface area contributed by atoms with Crippen molar-refractivity contribution >= 4 is 11.9 Å². The molecule has 2 unspecified atom stereocenters. The molecule has 4 fully saturated rings. The van der Waals surface area contributed by atoms with Gasteiger partial charge >= 0.3 is 5.97 Å². The van der Waals surface area contributed by atoms with E-state index in [4.69, 9.17) is 9.47 Å². The van der Waals surface area contributed by atoms with E-state index in [9.17, 15) is 14.7 Å². The maximum atomic E-state index is 13.1. The fraction of sp³-hybridized carbons (Fsp3) is 0.636. The van der Waals surface area contributed by atoms with Gasteiger partial charge in [0.15, 0.2) is 17.1 Å². The number of carboxylic acids is 1. The highest BCUT2D eigenvalue weighted by Crippen LogP contribution is 2.60. The first-order valence-corrected chi connectivity index (χ1v) is 10.1. The predicted octanol–water partition coefficient (Wildman–Crippen LogP) is 3.25. The van der Waals surface area contributed by atoms with Gasteiger partial charge in [0.25, 0.3) is 5.91 Å². The second-order valence-electron chi connectivity index (χ2n) is 9.32. The van der Waals surface area contributed by atoms with E-state index in [1.165, 1.54) is 0 Å². The summed E-state index contributed by atoms with van der Waals surface area (Å²) in [6.07, 6.45) is 4.19. The van der Waals surface area contributed by atoms with E-state index in [-0.39, 0.29) is 23.8 Å². The largest absolute Gasteiger partial charge is 0.493 e. The number of para-hydroxylation sites is 2. The number of hydrogen-bond donors (Lipinski definition) is 2. The molecule has 0 aliphatic heterocycles. The number of carboxylic acid groups (broad SMARTS) is 1. The maximum absolute atomic E-state index is 13.1. The zero-order valence-electron chi connectivity index (χ0n) is 16.7. The van der Waals surface area contributed by atoms with Gasteiger partial charge in [-0.3, -0.25) is 9.59 Å². The van der Waals surface area contributed by atoms with E-state index in [1.54, 1.807) is 33.1 Å². The number of ether oxygens (including phenoxy) is 2. The van der Waals surface area contributed by atoms with E-state index >= 15 is 0 Å². The normalized spacial score (nSPS) is 33.4. The van der Waals surface area contributed by atoms with E-state index in [0.717, 1.165) is 19.3 Å².